The fraction of sp³-hybridized carbons (Fsp3) is 0.233. The van der Waals surface area contributed by atoms with Gasteiger partial charge in [0.1, 0.15) is 11.9 Å². The van der Waals surface area contributed by atoms with Gasteiger partial charge in [-0.05, 0) is 66.5 Å². The van der Waals surface area contributed by atoms with E-state index in [-0.39, 0.29) is 5.97 Å². The first kappa shape index (κ1) is 25.6. The van der Waals surface area contributed by atoms with E-state index in [9.17, 15) is 14.0 Å². The highest BCUT2D eigenvalue weighted by Crippen LogP contribution is 2.49. The summed E-state index contributed by atoms with van der Waals surface area (Å²) >= 11 is 1.28. The molecular weight excluding hydrogens is 503 g/mol. The average Bonchev–Trinajstić information content (AvgIpc) is 3.67. The lowest BCUT2D eigenvalue weighted by Gasteiger charge is -2.15. The van der Waals surface area contributed by atoms with Crippen molar-refractivity contribution in [1.82, 2.24) is 4.37 Å². The molecule has 1 N–H and O–H groups in total. The van der Waals surface area contributed by atoms with Crippen molar-refractivity contribution in [1.29, 1.82) is 0 Å². The predicted octanol–water partition coefficient (Wildman–Crippen LogP) is 7.44. The van der Waals surface area contributed by atoms with E-state index in [0.29, 0.717) is 16.9 Å². The van der Waals surface area contributed by atoms with Crippen molar-refractivity contribution in [2.75, 3.05) is 12.4 Å². The van der Waals surface area contributed by atoms with Crippen molar-refractivity contribution in [2.45, 2.75) is 38.2 Å². The maximum absolute atomic E-state index is 14.1. The van der Waals surface area contributed by atoms with Gasteiger partial charge in [0.05, 0.1) is 28.8 Å². The van der Waals surface area contributed by atoms with E-state index in [0.717, 1.165) is 40.0 Å². The fourth-order valence-electron chi connectivity index (χ4n) is 4.60. The first-order valence-corrected chi connectivity index (χ1v) is 13.1. The minimum atomic E-state index is -0.750. The SMILES string of the molecule is COC(=O)C1(c2ccc(-c3ccc(-c4snc(C)c4NC(=O)OC(C)c4ccccc4F)cc3)cc2)CC1. The Morgan fingerprint density at radius 1 is 0.974 bits per heavy atom. The molecule has 5 rings (SSSR count). The van der Waals surface area contributed by atoms with Crippen LogP contribution in [0.15, 0.2) is 72.8 Å². The lowest BCUT2D eigenvalue weighted by molar-refractivity contribution is -0.143. The monoisotopic (exact) mass is 530 g/mol. The number of aryl methyl sites for hydroxylation is 1. The van der Waals surface area contributed by atoms with Gasteiger partial charge in [-0.1, -0.05) is 66.7 Å². The molecule has 6 nitrogen and oxygen atoms in total. The summed E-state index contributed by atoms with van der Waals surface area (Å²) in [4.78, 5) is 25.6. The van der Waals surface area contributed by atoms with Crippen molar-refractivity contribution in [3.63, 3.8) is 0 Å². The third-order valence-corrected chi connectivity index (χ3v) is 7.95. The number of rotatable bonds is 7. The molecule has 3 aromatic carbocycles. The molecule has 0 aliphatic heterocycles. The molecule has 1 saturated carbocycles. The molecule has 194 valence electrons. The van der Waals surface area contributed by atoms with Crippen LogP contribution in [0.5, 0.6) is 0 Å². The van der Waals surface area contributed by atoms with Gasteiger partial charge in [0.15, 0.2) is 0 Å². The highest BCUT2D eigenvalue weighted by atomic mass is 32.1. The van der Waals surface area contributed by atoms with Crippen molar-refractivity contribution in [2.24, 2.45) is 0 Å². The Balaban J connectivity index is 1.30. The van der Waals surface area contributed by atoms with E-state index in [4.69, 9.17) is 9.47 Å². The zero-order chi connectivity index (χ0) is 26.9. The summed E-state index contributed by atoms with van der Waals surface area (Å²) in [5.74, 6) is -0.600. The minimum Gasteiger partial charge on any atom is -0.468 e. The van der Waals surface area contributed by atoms with Crippen LogP contribution >= 0.6 is 11.5 Å². The summed E-state index contributed by atoms with van der Waals surface area (Å²) in [6.07, 6.45) is 0.198. The first-order valence-electron chi connectivity index (χ1n) is 12.3. The highest BCUT2D eigenvalue weighted by Gasteiger charge is 2.52. The summed E-state index contributed by atoms with van der Waals surface area (Å²) < 4.78 is 28.9. The van der Waals surface area contributed by atoms with Crippen LogP contribution in [-0.2, 0) is 19.7 Å². The standard InChI is InChI=1S/C30H27FN2O4S/c1-18-26(32-29(35)37-19(2)24-6-4-5-7-25(24)31)27(38-33-18)22-10-8-20(9-11-22)21-12-14-23(15-13-21)30(16-17-30)28(34)36-3/h4-15,19H,16-17H2,1-3H3,(H,32,35). The van der Waals surface area contributed by atoms with Crippen LogP contribution in [-0.4, -0.2) is 23.5 Å². The van der Waals surface area contributed by atoms with Crippen molar-refractivity contribution in [3.8, 4) is 21.6 Å². The van der Waals surface area contributed by atoms with Gasteiger partial charge in [-0.2, -0.15) is 4.37 Å². The number of hydrogen-bond acceptors (Lipinski definition) is 6. The molecule has 4 aromatic rings. The molecule has 1 aliphatic carbocycles. The molecular formula is C30H27FN2O4S. The average molecular weight is 531 g/mol. The number of benzene rings is 3. The largest absolute Gasteiger partial charge is 0.468 e. The first-order chi connectivity index (χ1) is 18.3. The summed E-state index contributed by atoms with van der Waals surface area (Å²) in [5, 5.41) is 2.79. The molecule has 1 heterocycles. The van der Waals surface area contributed by atoms with Crippen molar-refractivity contribution >= 4 is 29.3 Å². The van der Waals surface area contributed by atoms with Crippen LogP contribution in [0.2, 0.25) is 0 Å². The van der Waals surface area contributed by atoms with Crippen LogP contribution in [0.3, 0.4) is 0 Å². The Labute approximate surface area is 224 Å². The van der Waals surface area contributed by atoms with Gasteiger partial charge in [-0.15, -0.1) is 0 Å². The zero-order valence-electron chi connectivity index (χ0n) is 21.3. The lowest BCUT2D eigenvalue weighted by Crippen LogP contribution is -2.21. The maximum atomic E-state index is 14.1. The van der Waals surface area contributed by atoms with Crippen LogP contribution in [0.25, 0.3) is 21.6 Å². The number of esters is 1. The molecule has 1 aromatic heterocycles. The number of ether oxygens (including phenoxy) is 2. The van der Waals surface area contributed by atoms with Crippen LogP contribution in [0.4, 0.5) is 14.9 Å². The van der Waals surface area contributed by atoms with Gasteiger partial charge in [0.2, 0.25) is 0 Å². The van der Waals surface area contributed by atoms with Gasteiger partial charge >= 0.3 is 12.1 Å². The van der Waals surface area contributed by atoms with E-state index in [1.54, 1.807) is 25.1 Å². The topological polar surface area (TPSA) is 77.5 Å². The number of halogens is 1. The van der Waals surface area contributed by atoms with E-state index in [1.807, 2.05) is 55.5 Å². The molecule has 0 saturated heterocycles. The number of nitrogens with one attached hydrogen (secondary N) is 1. The predicted molar refractivity (Wildman–Crippen MR) is 146 cm³/mol. The third kappa shape index (κ3) is 4.91. The number of carbonyl (C=O) groups excluding carboxylic acids is 2. The zero-order valence-corrected chi connectivity index (χ0v) is 22.1. The molecule has 1 unspecified atom stereocenters. The molecule has 1 aliphatic rings. The number of amides is 1. The Hall–Kier alpha value is -4.04. The van der Waals surface area contributed by atoms with E-state index in [1.165, 1.54) is 24.7 Å². The number of nitrogens with zero attached hydrogens (tertiary/aromatic N) is 1. The van der Waals surface area contributed by atoms with Gasteiger partial charge in [0, 0.05) is 5.56 Å². The van der Waals surface area contributed by atoms with Crippen LogP contribution in [0.1, 0.15) is 42.7 Å². The normalized spacial score (nSPS) is 14.4. The Morgan fingerprint density at radius 2 is 1.58 bits per heavy atom. The second-order valence-electron chi connectivity index (χ2n) is 9.39. The van der Waals surface area contributed by atoms with Crippen molar-refractivity contribution < 1.29 is 23.5 Å². The quantitative estimate of drug-likeness (QED) is 0.251. The molecule has 1 fully saturated rings. The number of hydrogen-bond donors (Lipinski definition) is 1. The number of aromatic nitrogens is 1. The van der Waals surface area contributed by atoms with Crippen molar-refractivity contribution in [3.05, 3.63) is 95.4 Å². The van der Waals surface area contributed by atoms with E-state index < -0.39 is 23.4 Å². The summed E-state index contributed by atoms with van der Waals surface area (Å²) in [5.41, 5.74) is 4.99. The number of carbonyl (C=O) groups is 2. The third-order valence-electron chi connectivity index (χ3n) is 6.96. The van der Waals surface area contributed by atoms with Crippen LogP contribution in [0, 0.1) is 12.7 Å². The van der Waals surface area contributed by atoms with Gasteiger partial charge in [0.25, 0.3) is 0 Å². The number of methoxy groups -OCH3 is 1. The second kappa shape index (κ2) is 10.4. The fourth-order valence-corrected chi connectivity index (χ4v) is 5.45. The number of anilines is 1. The van der Waals surface area contributed by atoms with Gasteiger partial charge in [-0.3, -0.25) is 10.1 Å². The Bertz CT molecular complexity index is 1480. The van der Waals surface area contributed by atoms with E-state index in [2.05, 4.69) is 9.69 Å². The van der Waals surface area contributed by atoms with Crippen LogP contribution < -0.4 is 5.32 Å². The van der Waals surface area contributed by atoms with Gasteiger partial charge in [-0.25, -0.2) is 9.18 Å². The van der Waals surface area contributed by atoms with E-state index >= 15 is 0 Å². The second-order valence-corrected chi connectivity index (χ2v) is 10.2. The molecule has 8 heteroatoms. The highest BCUT2D eigenvalue weighted by molar-refractivity contribution is 7.10. The maximum Gasteiger partial charge on any atom is 0.412 e. The molecule has 0 spiro atoms. The smallest absolute Gasteiger partial charge is 0.412 e. The minimum absolute atomic E-state index is 0.176. The molecule has 0 radical (unpaired) electrons. The molecule has 1 amide bonds. The molecule has 1 atom stereocenters. The summed E-state index contributed by atoms with van der Waals surface area (Å²) in [6, 6.07) is 22.2. The Morgan fingerprint density at radius 3 is 2.18 bits per heavy atom. The van der Waals surface area contributed by atoms with Gasteiger partial charge < -0.3 is 9.47 Å². The molecule has 0 bridgehead atoms. The molecule has 38 heavy (non-hydrogen) atoms. The summed E-state index contributed by atoms with van der Waals surface area (Å²) in [6.45, 7) is 3.44. The summed E-state index contributed by atoms with van der Waals surface area (Å²) in [7, 11) is 1.43. The lowest BCUT2D eigenvalue weighted by atomic mass is 9.93. The Kier molecular flexibility index (Phi) is 6.99.